The minimum Gasteiger partial charge on any atom is -0.504 e. The number of hydrogen-bond donors (Lipinski definition) is 1. The van der Waals surface area contributed by atoms with E-state index in [0.29, 0.717) is 0 Å². The van der Waals surface area contributed by atoms with Crippen molar-refractivity contribution in [2.75, 3.05) is 12.4 Å². The van der Waals surface area contributed by atoms with Crippen LogP contribution in [-0.4, -0.2) is 23.3 Å². The van der Waals surface area contributed by atoms with E-state index in [9.17, 15) is 9.90 Å². The van der Waals surface area contributed by atoms with Crippen molar-refractivity contribution in [1.82, 2.24) is 0 Å². The van der Waals surface area contributed by atoms with Gasteiger partial charge in [-0.1, -0.05) is 15.9 Å². The summed E-state index contributed by atoms with van der Waals surface area (Å²) in [5.74, 6) is -0.352. The molecule has 1 N–H and O–H groups in total. The zero-order valence-electron chi connectivity index (χ0n) is 7.95. The molecule has 0 fully saturated rings. The predicted molar refractivity (Wildman–Crippen MR) is 57.5 cm³/mol. The molecule has 0 bridgehead atoms. The Labute approximate surface area is 95.2 Å². The Hall–Kier alpha value is -1.54. The summed E-state index contributed by atoms with van der Waals surface area (Å²) in [6.07, 6.45) is 0. The summed E-state index contributed by atoms with van der Waals surface area (Å²) in [5.41, 5.74) is 0.297. The number of ketones is 1. The van der Waals surface area contributed by atoms with Gasteiger partial charge in [-0.25, -0.2) is 0 Å². The number of hydrogen-bond acceptors (Lipinski definition) is 4. The predicted octanol–water partition coefficient (Wildman–Crippen LogP) is 1.85. The molecular formula is C10H8BrNO3. The first kappa shape index (κ1) is 11.5. The molecule has 78 valence electrons. The van der Waals surface area contributed by atoms with E-state index < -0.39 is 0 Å². The van der Waals surface area contributed by atoms with Crippen molar-refractivity contribution in [3.63, 3.8) is 0 Å². The first-order valence-corrected chi connectivity index (χ1v) is 5.17. The molecule has 0 atom stereocenters. The molecule has 0 saturated carbocycles. The quantitative estimate of drug-likeness (QED) is 0.672. The molecular weight excluding hydrogens is 262 g/mol. The molecule has 15 heavy (non-hydrogen) atoms. The minimum absolute atomic E-state index is 0.0318. The van der Waals surface area contributed by atoms with Crippen LogP contribution in [0.4, 0.5) is 0 Å². The fourth-order valence-electron chi connectivity index (χ4n) is 1.19. The van der Waals surface area contributed by atoms with E-state index in [0.717, 1.165) is 0 Å². The van der Waals surface area contributed by atoms with Gasteiger partial charge in [0.25, 0.3) is 0 Å². The van der Waals surface area contributed by atoms with E-state index in [1.807, 2.05) is 6.07 Å². The number of methoxy groups -OCH3 is 1. The number of carbonyl (C=O) groups is 1. The fraction of sp³-hybridized carbons (Fsp3) is 0.200. The van der Waals surface area contributed by atoms with Crippen molar-refractivity contribution in [3.05, 3.63) is 23.3 Å². The maximum atomic E-state index is 11.4. The average molecular weight is 270 g/mol. The molecule has 0 aromatic heterocycles. The third-order valence-corrected chi connectivity index (χ3v) is 2.38. The van der Waals surface area contributed by atoms with Crippen LogP contribution in [0.5, 0.6) is 11.5 Å². The summed E-state index contributed by atoms with van der Waals surface area (Å²) < 4.78 is 4.86. The SMILES string of the molecule is COc1c(O)ccc(C(=O)CBr)c1C#N. The van der Waals surface area contributed by atoms with Gasteiger partial charge in [0.05, 0.1) is 12.4 Å². The maximum Gasteiger partial charge on any atom is 0.179 e. The van der Waals surface area contributed by atoms with Gasteiger partial charge in [-0.05, 0) is 12.1 Å². The molecule has 1 aromatic rings. The second-order valence-electron chi connectivity index (χ2n) is 2.71. The Morgan fingerprint density at radius 2 is 2.33 bits per heavy atom. The lowest BCUT2D eigenvalue weighted by Crippen LogP contribution is -2.04. The number of rotatable bonds is 3. The third-order valence-electron chi connectivity index (χ3n) is 1.87. The van der Waals surface area contributed by atoms with Crippen LogP contribution in [0.15, 0.2) is 12.1 Å². The number of carbonyl (C=O) groups excluding carboxylic acids is 1. The first-order chi connectivity index (χ1) is 7.15. The molecule has 1 rings (SSSR count). The molecule has 0 aliphatic rings. The largest absolute Gasteiger partial charge is 0.504 e. The summed E-state index contributed by atoms with van der Waals surface area (Å²) in [6.45, 7) is 0. The number of nitrogens with zero attached hydrogens (tertiary/aromatic N) is 1. The van der Waals surface area contributed by atoms with E-state index in [1.165, 1.54) is 19.2 Å². The van der Waals surface area contributed by atoms with Crippen LogP contribution in [0.25, 0.3) is 0 Å². The number of benzene rings is 1. The molecule has 0 unspecified atom stereocenters. The van der Waals surface area contributed by atoms with Crippen molar-refractivity contribution >= 4 is 21.7 Å². The van der Waals surface area contributed by atoms with Crippen molar-refractivity contribution < 1.29 is 14.6 Å². The topological polar surface area (TPSA) is 70.3 Å². The number of halogens is 1. The van der Waals surface area contributed by atoms with Crippen LogP contribution < -0.4 is 4.74 Å². The second-order valence-corrected chi connectivity index (χ2v) is 3.27. The zero-order chi connectivity index (χ0) is 11.4. The van der Waals surface area contributed by atoms with Crippen LogP contribution in [0.3, 0.4) is 0 Å². The molecule has 5 heteroatoms. The molecule has 0 spiro atoms. The van der Waals surface area contributed by atoms with Crippen molar-refractivity contribution in [2.24, 2.45) is 0 Å². The van der Waals surface area contributed by atoms with Gasteiger partial charge < -0.3 is 9.84 Å². The van der Waals surface area contributed by atoms with Crippen molar-refractivity contribution in [3.8, 4) is 17.6 Å². The zero-order valence-corrected chi connectivity index (χ0v) is 9.54. The summed E-state index contributed by atoms with van der Waals surface area (Å²) in [5, 5.41) is 18.4. The van der Waals surface area contributed by atoms with Crippen LogP contribution in [0.1, 0.15) is 15.9 Å². The number of phenols is 1. The Morgan fingerprint density at radius 1 is 1.67 bits per heavy atom. The Morgan fingerprint density at radius 3 is 2.80 bits per heavy atom. The summed E-state index contributed by atoms with van der Waals surface area (Å²) in [7, 11) is 1.33. The van der Waals surface area contributed by atoms with E-state index in [4.69, 9.17) is 10.00 Å². The molecule has 1 aromatic carbocycles. The number of aromatic hydroxyl groups is 1. The number of alkyl halides is 1. The lowest BCUT2D eigenvalue weighted by molar-refractivity contribution is 0.102. The summed E-state index contributed by atoms with van der Waals surface area (Å²) in [6, 6.07) is 4.58. The van der Waals surface area contributed by atoms with Gasteiger partial charge in [-0.3, -0.25) is 4.79 Å². The Bertz CT molecular complexity index is 437. The van der Waals surface area contributed by atoms with E-state index >= 15 is 0 Å². The number of phenolic OH excluding ortho intramolecular Hbond substituents is 1. The standard InChI is InChI=1S/C10H8BrNO3/c1-15-10-7(5-12)6(9(14)4-11)2-3-8(10)13/h2-3,13H,4H2,1H3. The molecule has 0 aliphatic carbocycles. The fourth-order valence-corrected chi connectivity index (χ4v) is 1.50. The number of nitriles is 1. The van der Waals surface area contributed by atoms with Crippen molar-refractivity contribution in [2.45, 2.75) is 0 Å². The highest BCUT2D eigenvalue weighted by molar-refractivity contribution is 9.09. The van der Waals surface area contributed by atoms with Gasteiger partial charge in [-0.15, -0.1) is 0 Å². The Kier molecular flexibility index (Phi) is 3.69. The summed E-state index contributed by atoms with van der Waals surface area (Å²) >= 11 is 3.02. The maximum absolute atomic E-state index is 11.4. The normalized spacial score (nSPS) is 9.40. The molecule has 0 amide bonds. The first-order valence-electron chi connectivity index (χ1n) is 4.05. The minimum atomic E-state index is -0.232. The van der Waals surface area contributed by atoms with Crippen LogP contribution in [0, 0.1) is 11.3 Å². The number of Topliss-reactive ketones (excluding diaryl/α,β-unsaturated/α-hetero) is 1. The van der Waals surface area contributed by atoms with Gasteiger partial charge in [0.15, 0.2) is 17.3 Å². The van der Waals surface area contributed by atoms with E-state index in [-0.39, 0.29) is 33.7 Å². The van der Waals surface area contributed by atoms with Gasteiger partial charge in [0, 0.05) is 5.56 Å². The lowest BCUT2D eigenvalue weighted by Gasteiger charge is -2.08. The van der Waals surface area contributed by atoms with Crippen molar-refractivity contribution in [1.29, 1.82) is 5.26 Å². The highest BCUT2D eigenvalue weighted by Crippen LogP contribution is 2.32. The molecule has 0 aliphatic heterocycles. The van der Waals surface area contributed by atoms with E-state index in [1.54, 1.807) is 0 Å². The Balaban J connectivity index is 3.43. The second kappa shape index (κ2) is 4.80. The molecule has 0 heterocycles. The molecule has 0 saturated heterocycles. The smallest absolute Gasteiger partial charge is 0.179 e. The lowest BCUT2D eigenvalue weighted by atomic mass is 10.0. The van der Waals surface area contributed by atoms with E-state index in [2.05, 4.69) is 15.9 Å². The van der Waals surface area contributed by atoms with Gasteiger partial charge >= 0.3 is 0 Å². The van der Waals surface area contributed by atoms with Crippen LogP contribution in [-0.2, 0) is 0 Å². The highest BCUT2D eigenvalue weighted by atomic mass is 79.9. The van der Waals surface area contributed by atoms with Gasteiger partial charge in [0.2, 0.25) is 0 Å². The molecule has 0 radical (unpaired) electrons. The molecule has 4 nitrogen and oxygen atoms in total. The average Bonchev–Trinajstić information content (AvgIpc) is 2.27. The van der Waals surface area contributed by atoms with Crippen LogP contribution >= 0.6 is 15.9 Å². The third kappa shape index (κ3) is 2.10. The van der Waals surface area contributed by atoms with Crippen LogP contribution in [0.2, 0.25) is 0 Å². The summed E-state index contributed by atoms with van der Waals surface area (Å²) in [4.78, 5) is 11.4. The monoisotopic (exact) mass is 269 g/mol. The number of ether oxygens (including phenoxy) is 1. The van der Waals surface area contributed by atoms with Gasteiger partial charge in [-0.2, -0.15) is 5.26 Å². The highest BCUT2D eigenvalue weighted by Gasteiger charge is 2.17. The van der Waals surface area contributed by atoms with Gasteiger partial charge in [0.1, 0.15) is 11.6 Å².